The molecule has 0 aliphatic carbocycles. The normalized spacial score (nSPS) is 11.6. The maximum atomic E-state index is 12.6. The first kappa shape index (κ1) is 12.5. The summed E-state index contributed by atoms with van der Waals surface area (Å²) in [6.45, 7) is 1.57. The van der Waals surface area contributed by atoms with Gasteiger partial charge in [-0.2, -0.15) is 8.78 Å². The Kier molecular flexibility index (Phi) is 3.51. The van der Waals surface area contributed by atoms with Crippen molar-refractivity contribution in [3.05, 3.63) is 29.8 Å². The van der Waals surface area contributed by atoms with E-state index < -0.39 is 18.3 Å². The molecule has 0 spiro atoms. The fourth-order valence-corrected chi connectivity index (χ4v) is 1.02. The van der Waals surface area contributed by atoms with Gasteiger partial charge in [-0.25, -0.2) is 8.78 Å². The number of carbonyl (C=O) groups excluding carboxylic acids is 1. The van der Waals surface area contributed by atoms with Crippen LogP contribution in [0.2, 0.25) is 0 Å². The van der Waals surface area contributed by atoms with E-state index >= 15 is 0 Å². The van der Waals surface area contributed by atoms with Crippen molar-refractivity contribution in [2.75, 3.05) is 5.32 Å². The van der Waals surface area contributed by atoms with E-state index in [9.17, 15) is 22.4 Å². The van der Waals surface area contributed by atoms with Gasteiger partial charge in [-0.3, -0.25) is 4.79 Å². The maximum absolute atomic E-state index is 12.6. The Morgan fingerprint density at radius 1 is 1.31 bits per heavy atom. The Morgan fingerprint density at radius 2 is 1.88 bits per heavy atom. The highest BCUT2D eigenvalue weighted by molar-refractivity contribution is 5.96. The molecule has 0 saturated heterocycles. The van der Waals surface area contributed by atoms with Crippen LogP contribution in [0.5, 0.6) is 0 Å². The number of para-hydroxylation sites is 1. The third-order valence-corrected chi connectivity index (χ3v) is 1.97. The molecule has 1 rings (SSSR count). The molecule has 0 unspecified atom stereocenters. The molecule has 0 aliphatic rings. The van der Waals surface area contributed by atoms with Gasteiger partial charge in [0.2, 0.25) is 0 Å². The molecule has 1 aromatic rings. The topological polar surface area (TPSA) is 29.1 Å². The number of aryl methyl sites for hydroxylation is 1. The zero-order valence-electron chi connectivity index (χ0n) is 8.31. The Labute approximate surface area is 89.3 Å². The summed E-state index contributed by atoms with van der Waals surface area (Å²) in [6, 6.07) is 6.06. The van der Waals surface area contributed by atoms with E-state index in [1.807, 2.05) is 0 Å². The monoisotopic (exact) mass is 235 g/mol. The summed E-state index contributed by atoms with van der Waals surface area (Å²) in [5.41, 5.74) is 0.605. The van der Waals surface area contributed by atoms with Crippen molar-refractivity contribution in [3.63, 3.8) is 0 Å². The SMILES string of the molecule is Cc1ccccc1NC(=O)C(F)(F)C(F)F. The van der Waals surface area contributed by atoms with Crippen LogP contribution < -0.4 is 5.32 Å². The molecule has 0 fully saturated rings. The van der Waals surface area contributed by atoms with E-state index in [4.69, 9.17) is 0 Å². The summed E-state index contributed by atoms with van der Waals surface area (Å²) in [6.07, 6.45) is -4.02. The minimum absolute atomic E-state index is 0.0906. The molecule has 16 heavy (non-hydrogen) atoms. The lowest BCUT2D eigenvalue weighted by Gasteiger charge is -2.15. The van der Waals surface area contributed by atoms with Gasteiger partial charge in [-0.15, -0.1) is 0 Å². The number of nitrogens with one attached hydrogen (secondary N) is 1. The van der Waals surface area contributed by atoms with Gasteiger partial charge in [0.15, 0.2) is 0 Å². The molecule has 0 aliphatic heterocycles. The fourth-order valence-electron chi connectivity index (χ4n) is 1.02. The molecule has 2 nitrogen and oxygen atoms in total. The Balaban J connectivity index is 2.84. The molecule has 88 valence electrons. The van der Waals surface area contributed by atoms with Crippen LogP contribution in [0.1, 0.15) is 5.56 Å². The number of hydrogen-bond donors (Lipinski definition) is 1. The lowest BCUT2D eigenvalue weighted by atomic mass is 10.2. The van der Waals surface area contributed by atoms with Crippen LogP contribution >= 0.6 is 0 Å². The van der Waals surface area contributed by atoms with E-state index in [2.05, 4.69) is 0 Å². The molecule has 0 bridgehead atoms. The molecular formula is C10H9F4NO. The second-order valence-corrected chi connectivity index (χ2v) is 3.19. The smallest absolute Gasteiger partial charge is 0.320 e. The highest BCUT2D eigenvalue weighted by atomic mass is 19.3. The molecule has 1 N–H and O–H groups in total. The summed E-state index contributed by atoms with van der Waals surface area (Å²) >= 11 is 0. The Morgan fingerprint density at radius 3 is 2.38 bits per heavy atom. The van der Waals surface area contributed by atoms with Crippen LogP contribution in [0.15, 0.2) is 24.3 Å². The van der Waals surface area contributed by atoms with Crippen LogP contribution in [0.4, 0.5) is 23.2 Å². The lowest BCUT2D eigenvalue weighted by Crippen LogP contribution is -2.41. The molecular weight excluding hydrogens is 226 g/mol. The largest absolute Gasteiger partial charge is 0.383 e. The first-order valence-electron chi connectivity index (χ1n) is 4.38. The average Bonchev–Trinajstić information content (AvgIpc) is 2.21. The van der Waals surface area contributed by atoms with Crippen LogP contribution in [0.25, 0.3) is 0 Å². The first-order valence-corrected chi connectivity index (χ1v) is 4.38. The van der Waals surface area contributed by atoms with Gasteiger partial charge in [0.1, 0.15) is 0 Å². The number of halogens is 4. The molecule has 0 radical (unpaired) electrons. The van der Waals surface area contributed by atoms with E-state index in [-0.39, 0.29) is 5.69 Å². The maximum Gasteiger partial charge on any atom is 0.383 e. The number of rotatable bonds is 3. The minimum atomic E-state index is -4.68. The average molecular weight is 235 g/mol. The number of benzene rings is 1. The fraction of sp³-hybridized carbons (Fsp3) is 0.300. The lowest BCUT2D eigenvalue weighted by molar-refractivity contribution is -0.163. The second kappa shape index (κ2) is 4.51. The van der Waals surface area contributed by atoms with E-state index in [1.54, 1.807) is 24.4 Å². The van der Waals surface area contributed by atoms with Gasteiger partial charge in [0.05, 0.1) is 0 Å². The standard InChI is InChI=1S/C10H9F4NO/c1-6-4-2-3-5-7(6)15-9(16)10(13,14)8(11)12/h2-5,8H,1H3,(H,15,16). The number of hydrogen-bond acceptors (Lipinski definition) is 1. The van der Waals surface area contributed by atoms with E-state index in [0.29, 0.717) is 5.56 Å². The van der Waals surface area contributed by atoms with Crippen LogP contribution in [-0.2, 0) is 4.79 Å². The number of amides is 1. The number of carbonyl (C=O) groups is 1. The van der Waals surface area contributed by atoms with Crippen LogP contribution in [0.3, 0.4) is 0 Å². The highest BCUT2D eigenvalue weighted by Gasteiger charge is 2.48. The van der Waals surface area contributed by atoms with Crippen molar-refractivity contribution in [2.24, 2.45) is 0 Å². The van der Waals surface area contributed by atoms with E-state index in [0.717, 1.165) is 0 Å². The Hall–Kier alpha value is -1.59. The van der Waals surface area contributed by atoms with Crippen molar-refractivity contribution < 1.29 is 22.4 Å². The zero-order chi connectivity index (χ0) is 12.3. The van der Waals surface area contributed by atoms with Crippen LogP contribution in [0, 0.1) is 6.92 Å². The third-order valence-electron chi connectivity index (χ3n) is 1.97. The van der Waals surface area contributed by atoms with Gasteiger partial charge in [0, 0.05) is 5.69 Å². The van der Waals surface area contributed by atoms with Crippen molar-refractivity contribution in [1.29, 1.82) is 0 Å². The summed E-state index contributed by atoms with van der Waals surface area (Å²) in [5, 5.41) is 1.76. The molecule has 1 amide bonds. The van der Waals surface area contributed by atoms with Crippen molar-refractivity contribution in [1.82, 2.24) is 0 Å². The van der Waals surface area contributed by atoms with Gasteiger partial charge in [-0.1, -0.05) is 18.2 Å². The number of anilines is 1. The Bertz CT molecular complexity index is 392. The minimum Gasteiger partial charge on any atom is -0.320 e. The summed E-state index contributed by atoms with van der Waals surface area (Å²) in [5.74, 6) is -6.68. The second-order valence-electron chi connectivity index (χ2n) is 3.19. The van der Waals surface area contributed by atoms with Gasteiger partial charge in [0.25, 0.3) is 0 Å². The summed E-state index contributed by atoms with van der Waals surface area (Å²) < 4.78 is 48.9. The van der Waals surface area contributed by atoms with Gasteiger partial charge >= 0.3 is 18.3 Å². The zero-order valence-corrected chi connectivity index (χ0v) is 8.31. The van der Waals surface area contributed by atoms with Crippen molar-refractivity contribution in [2.45, 2.75) is 19.3 Å². The summed E-state index contributed by atoms with van der Waals surface area (Å²) in [7, 11) is 0. The van der Waals surface area contributed by atoms with E-state index in [1.165, 1.54) is 12.1 Å². The van der Waals surface area contributed by atoms with Crippen molar-refractivity contribution in [3.8, 4) is 0 Å². The van der Waals surface area contributed by atoms with Crippen molar-refractivity contribution >= 4 is 11.6 Å². The quantitative estimate of drug-likeness (QED) is 0.802. The third kappa shape index (κ3) is 2.50. The molecule has 1 aromatic carbocycles. The molecule has 0 atom stereocenters. The molecule has 0 aromatic heterocycles. The van der Waals surface area contributed by atoms with Crippen LogP contribution in [-0.4, -0.2) is 18.3 Å². The summed E-state index contributed by atoms with van der Waals surface area (Å²) in [4.78, 5) is 10.9. The molecule has 0 heterocycles. The van der Waals surface area contributed by atoms with Gasteiger partial charge < -0.3 is 5.32 Å². The van der Waals surface area contributed by atoms with Gasteiger partial charge in [-0.05, 0) is 18.6 Å². The first-order chi connectivity index (χ1) is 7.35. The highest BCUT2D eigenvalue weighted by Crippen LogP contribution is 2.25. The molecule has 6 heteroatoms. The predicted molar refractivity (Wildman–Crippen MR) is 50.8 cm³/mol. The number of alkyl halides is 4. The molecule has 0 saturated carbocycles. The predicted octanol–water partition coefficient (Wildman–Crippen LogP) is 2.83.